The van der Waals surface area contributed by atoms with Gasteiger partial charge in [0.15, 0.2) is 0 Å². The van der Waals surface area contributed by atoms with Crippen LogP contribution in [0.3, 0.4) is 0 Å². The van der Waals surface area contributed by atoms with Gasteiger partial charge >= 0.3 is 0 Å². The van der Waals surface area contributed by atoms with Crippen molar-refractivity contribution < 1.29 is 4.79 Å². The van der Waals surface area contributed by atoms with Gasteiger partial charge in [-0.05, 0) is 49.9 Å². The molecule has 4 rings (SSSR count). The number of hydrogen-bond donors (Lipinski definition) is 1. The molecule has 1 N–H and O–H groups in total. The molecule has 1 aromatic carbocycles. The van der Waals surface area contributed by atoms with Crippen LogP contribution in [0.5, 0.6) is 0 Å². The van der Waals surface area contributed by atoms with E-state index in [1.807, 2.05) is 42.5 Å². The molecule has 0 aliphatic heterocycles. The second kappa shape index (κ2) is 6.51. The number of nitrogens with zero attached hydrogens (tertiary/aromatic N) is 3. The topological polar surface area (TPSA) is 59.8 Å². The minimum Gasteiger partial charge on any atom is -0.349 e. The molecule has 1 atom stereocenters. The molecule has 1 unspecified atom stereocenters. The molecule has 2 heterocycles. The van der Waals surface area contributed by atoms with Crippen molar-refractivity contribution in [3.8, 4) is 16.9 Å². The van der Waals surface area contributed by atoms with Crippen molar-refractivity contribution in [1.82, 2.24) is 20.1 Å². The first kappa shape index (κ1) is 15.6. The molecule has 5 nitrogen and oxygen atoms in total. The molecule has 1 aliphatic carbocycles. The molecule has 1 aliphatic rings. The lowest BCUT2D eigenvalue weighted by molar-refractivity contribution is 0.0936. The Morgan fingerprint density at radius 3 is 2.68 bits per heavy atom. The molecule has 1 amide bonds. The van der Waals surface area contributed by atoms with Crippen molar-refractivity contribution >= 4 is 5.91 Å². The highest BCUT2D eigenvalue weighted by atomic mass is 16.1. The van der Waals surface area contributed by atoms with Gasteiger partial charge in [0.2, 0.25) is 0 Å². The molecule has 3 aromatic rings. The van der Waals surface area contributed by atoms with Crippen LogP contribution in [0.25, 0.3) is 16.9 Å². The van der Waals surface area contributed by atoms with Gasteiger partial charge in [-0.3, -0.25) is 9.78 Å². The van der Waals surface area contributed by atoms with Crippen LogP contribution in [0.4, 0.5) is 0 Å². The summed E-state index contributed by atoms with van der Waals surface area (Å²) in [6, 6.07) is 13.8. The molecule has 0 bridgehead atoms. The summed E-state index contributed by atoms with van der Waals surface area (Å²) in [4.78, 5) is 17.0. The van der Waals surface area contributed by atoms with E-state index in [1.165, 1.54) is 12.8 Å². The first-order valence-electron chi connectivity index (χ1n) is 8.59. The van der Waals surface area contributed by atoms with Crippen LogP contribution in [0.15, 0.2) is 61.1 Å². The van der Waals surface area contributed by atoms with Gasteiger partial charge in [-0.15, -0.1) is 0 Å². The van der Waals surface area contributed by atoms with Gasteiger partial charge < -0.3 is 5.32 Å². The number of rotatable bonds is 5. The van der Waals surface area contributed by atoms with E-state index in [0.717, 1.165) is 11.3 Å². The van der Waals surface area contributed by atoms with Gasteiger partial charge in [-0.2, -0.15) is 5.10 Å². The van der Waals surface area contributed by atoms with E-state index in [1.54, 1.807) is 23.3 Å². The number of nitrogens with one attached hydrogen (secondary N) is 1. The second-order valence-corrected chi connectivity index (χ2v) is 6.51. The summed E-state index contributed by atoms with van der Waals surface area (Å²) in [5.41, 5.74) is 2.98. The van der Waals surface area contributed by atoms with Crippen molar-refractivity contribution in [3.05, 3.63) is 66.6 Å². The third-order valence-corrected chi connectivity index (χ3v) is 4.60. The van der Waals surface area contributed by atoms with Gasteiger partial charge in [0.1, 0.15) is 5.69 Å². The lowest BCUT2D eigenvalue weighted by Crippen LogP contribution is -2.34. The number of benzene rings is 1. The van der Waals surface area contributed by atoms with Gasteiger partial charge in [0, 0.05) is 30.2 Å². The number of para-hydroxylation sites is 1. The Labute approximate surface area is 146 Å². The Bertz CT molecular complexity index is 869. The lowest BCUT2D eigenvalue weighted by Gasteiger charge is -2.12. The first-order valence-corrected chi connectivity index (χ1v) is 8.59. The number of carbonyl (C=O) groups excluding carboxylic acids is 1. The predicted molar refractivity (Wildman–Crippen MR) is 96.4 cm³/mol. The number of hydrogen-bond acceptors (Lipinski definition) is 3. The smallest absolute Gasteiger partial charge is 0.255 e. The SMILES string of the molecule is CC(NC(=O)c1cn(-c2ccccc2)nc1-c1cccnc1)C1CC1. The van der Waals surface area contributed by atoms with Gasteiger partial charge in [0.25, 0.3) is 5.91 Å². The molecule has 0 radical (unpaired) electrons. The van der Waals surface area contributed by atoms with E-state index in [9.17, 15) is 4.79 Å². The summed E-state index contributed by atoms with van der Waals surface area (Å²) in [6.07, 6.45) is 7.64. The number of amides is 1. The zero-order valence-electron chi connectivity index (χ0n) is 14.1. The van der Waals surface area contributed by atoms with Crippen LogP contribution in [0.1, 0.15) is 30.1 Å². The molecular formula is C20H20N4O. The van der Waals surface area contributed by atoms with E-state index in [-0.39, 0.29) is 11.9 Å². The molecule has 0 saturated heterocycles. The number of carbonyl (C=O) groups is 1. The summed E-state index contributed by atoms with van der Waals surface area (Å²) >= 11 is 0. The van der Waals surface area contributed by atoms with Gasteiger partial charge in [-0.25, -0.2) is 4.68 Å². The van der Waals surface area contributed by atoms with Gasteiger partial charge in [-0.1, -0.05) is 18.2 Å². The molecule has 1 fully saturated rings. The number of pyridine rings is 1. The largest absolute Gasteiger partial charge is 0.349 e. The van der Waals surface area contributed by atoms with Crippen molar-refractivity contribution in [2.45, 2.75) is 25.8 Å². The maximum absolute atomic E-state index is 12.8. The highest BCUT2D eigenvalue weighted by molar-refractivity contribution is 6.00. The maximum Gasteiger partial charge on any atom is 0.255 e. The Morgan fingerprint density at radius 2 is 2.00 bits per heavy atom. The fourth-order valence-corrected chi connectivity index (χ4v) is 2.97. The minimum atomic E-state index is -0.0829. The second-order valence-electron chi connectivity index (χ2n) is 6.51. The third-order valence-electron chi connectivity index (χ3n) is 4.60. The van der Waals surface area contributed by atoms with E-state index in [2.05, 4.69) is 22.3 Å². The van der Waals surface area contributed by atoms with E-state index in [4.69, 9.17) is 0 Å². The average Bonchev–Trinajstić information content (AvgIpc) is 3.41. The van der Waals surface area contributed by atoms with Crippen molar-refractivity contribution in [2.75, 3.05) is 0 Å². The van der Waals surface area contributed by atoms with Crippen LogP contribution in [0.2, 0.25) is 0 Å². The normalized spacial score (nSPS) is 14.9. The third kappa shape index (κ3) is 3.31. The zero-order valence-corrected chi connectivity index (χ0v) is 14.1. The summed E-state index contributed by atoms with van der Waals surface area (Å²) in [5, 5.41) is 7.78. The zero-order chi connectivity index (χ0) is 17.2. The molecule has 25 heavy (non-hydrogen) atoms. The van der Waals surface area contributed by atoms with E-state index < -0.39 is 0 Å². The molecule has 2 aromatic heterocycles. The predicted octanol–water partition coefficient (Wildman–Crippen LogP) is 3.46. The Balaban J connectivity index is 1.72. The van der Waals surface area contributed by atoms with Crippen LogP contribution in [-0.2, 0) is 0 Å². The Hall–Kier alpha value is -2.95. The van der Waals surface area contributed by atoms with Crippen molar-refractivity contribution in [2.24, 2.45) is 5.92 Å². The fourth-order valence-electron chi connectivity index (χ4n) is 2.97. The van der Waals surface area contributed by atoms with Gasteiger partial charge in [0.05, 0.1) is 11.3 Å². The molecular weight excluding hydrogens is 312 g/mol. The van der Waals surface area contributed by atoms with Crippen LogP contribution in [0, 0.1) is 5.92 Å². The molecule has 126 valence electrons. The molecule has 0 spiro atoms. The fraction of sp³-hybridized carbons (Fsp3) is 0.250. The molecule has 5 heteroatoms. The van der Waals surface area contributed by atoms with Crippen LogP contribution >= 0.6 is 0 Å². The summed E-state index contributed by atoms with van der Waals surface area (Å²) in [7, 11) is 0. The van der Waals surface area contributed by atoms with Crippen LogP contribution < -0.4 is 5.32 Å². The van der Waals surface area contributed by atoms with E-state index >= 15 is 0 Å². The lowest BCUT2D eigenvalue weighted by atomic mass is 10.1. The first-order chi connectivity index (χ1) is 12.2. The molecule has 1 saturated carbocycles. The average molecular weight is 332 g/mol. The minimum absolute atomic E-state index is 0.0829. The summed E-state index contributed by atoms with van der Waals surface area (Å²) in [5.74, 6) is 0.524. The quantitative estimate of drug-likeness (QED) is 0.778. The van der Waals surface area contributed by atoms with Crippen LogP contribution in [-0.4, -0.2) is 26.7 Å². The van der Waals surface area contributed by atoms with E-state index in [0.29, 0.717) is 17.2 Å². The van der Waals surface area contributed by atoms with Crippen molar-refractivity contribution in [3.63, 3.8) is 0 Å². The number of aromatic nitrogens is 3. The highest BCUT2D eigenvalue weighted by Crippen LogP contribution is 2.32. The van der Waals surface area contributed by atoms with Crippen molar-refractivity contribution in [1.29, 1.82) is 0 Å². The standard InChI is InChI=1S/C20H20N4O/c1-14(15-9-10-15)22-20(25)18-13-24(17-7-3-2-4-8-17)23-19(18)16-6-5-11-21-12-16/h2-8,11-15H,9-10H2,1H3,(H,22,25). The monoisotopic (exact) mass is 332 g/mol. The maximum atomic E-state index is 12.8. The Morgan fingerprint density at radius 1 is 1.20 bits per heavy atom. The summed E-state index contributed by atoms with van der Waals surface area (Å²) in [6.45, 7) is 2.07. The highest BCUT2D eigenvalue weighted by Gasteiger charge is 2.30. The Kier molecular flexibility index (Phi) is 4.06. The summed E-state index contributed by atoms with van der Waals surface area (Å²) < 4.78 is 1.75.